The van der Waals surface area contributed by atoms with Gasteiger partial charge >= 0.3 is 5.97 Å². The van der Waals surface area contributed by atoms with Crippen molar-refractivity contribution in [1.29, 1.82) is 0 Å². The second kappa shape index (κ2) is 7.68. The van der Waals surface area contributed by atoms with E-state index in [1.165, 1.54) is 0 Å². The second-order valence-electron chi connectivity index (χ2n) is 6.83. The number of hydrogen-bond acceptors (Lipinski definition) is 3. The van der Waals surface area contributed by atoms with Crippen molar-refractivity contribution in [2.75, 3.05) is 0 Å². The zero-order valence-electron chi connectivity index (χ0n) is 15.9. The molecule has 0 aliphatic carbocycles. The summed E-state index contributed by atoms with van der Waals surface area (Å²) in [4.78, 5) is 35.8. The smallest absolute Gasteiger partial charge is 0.307 e. The lowest BCUT2D eigenvalue weighted by Gasteiger charge is -2.11. The summed E-state index contributed by atoms with van der Waals surface area (Å²) in [6, 6.07) is 13.4. The molecule has 0 aliphatic rings. The van der Waals surface area contributed by atoms with Crippen LogP contribution in [0.25, 0.3) is 10.9 Å². The third kappa shape index (κ3) is 3.53. The lowest BCUT2D eigenvalue weighted by atomic mass is 9.97. The number of carboxylic acids is 1. The molecule has 1 aromatic heterocycles. The summed E-state index contributed by atoms with van der Waals surface area (Å²) < 4.78 is 1.99. The van der Waals surface area contributed by atoms with Gasteiger partial charge in [-0.25, -0.2) is 0 Å². The van der Waals surface area contributed by atoms with E-state index in [1.807, 2.05) is 54.8 Å². The van der Waals surface area contributed by atoms with E-state index in [-0.39, 0.29) is 12.0 Å². The van der Waals surface area contributed by atoms with E-state index in [9.17, 15) is 19.5 Å². The van der Waals surface area contributed by atoms with E-state index >= 15 is 0 Å². The molecule has 1 amide bonds. The number of amides is 1. The van der Waals surface area contributed by atoms with Gasteiger partial charge in [0.25, 0.3) is 11.7 Å². The molecule has 0 radical (unpaired) electrons. The standard InChI is InChI=1S/C22H22N2O4/c1-3-16-20(21(27)22(23)28)19-15(11-18(25)26)9-13(2)10-17(19)24(16)12-14-7-5-4-6-8-14/h4-10H,3,11-12H2,1-2H3,(H2,23,28)(H,25,26). The maximum Gasteiger partial charge on any atom is 0.307 e. The lowest BCUT2D eigenvalue weighted by molar-refractivity contribution is -0.136. The largest absolute Gasteiger partial charge is 0.481 e. The van der Waals surface area contributed by atoms with Crippen LogP contribution >= 0.6 is 0 Å². The quantitative estimate of drug-likeness (QED) is 0.487. The maximum absolute atomic E-state index is 12.7. The van der Waals surface area contributed by atoms with Crippen LogP contribution < -0.4 is 5.73 Å². The molecule has 0 fully saturated rings. The van der Waals surface area contributed by atoms with Crippen molar-refractivity contribution in [3.8, 4) is 0 Å². The normalized spacial score (nSPS) is 10.9. The highest BCUT2D eigenvalue weighted by Crippen LogP contribution is 2.32. The van der Waals surface area contributed by atoms with Crippen LogP contribution in [-0.2, 0) is 29.0 Å². The molecule has 6 nitrogen and oxygen atoms in total. The highest BCUT2D eigenvalue weighted by Gasteiger charge is 2.27. The summed E-state index contributed by atoms with van der Waals surface area (Å²) in [6.07, 6.45) is 0.261. The number of nitrogens with two attached hydrogens (primary N) is 1. The average Bonchev–Trinajstić information content (AvgIpc) is 2.94. The van der Waals surface area contributed by atoms with Gasteiger partial charge < -0.3 is 15.4 Å². The number of benzene rings is 2. The van der Waals surface area contributed by atoms with E-state index in [2.05, 4.69) is 0 Å². The first-order chi connectivity index (χ1) is 13.3. The number of aliphatic carboxylic acids is 1. The fraction of sp³-hybridized carbons (Fsp3) is 0.227. The monoisotopic (exact) mass is 378 g/mol. The molecule has 3 N–H and O–H groups in total. The SMILES string of the molecule is CCc1c(C(=O)C(N)=O)c2c(CC(=O)O)cc(C)cc2n1Cc1ccccc1. The Hall–Kier alpha value is -3.41. The number of rotatable bonds is 7. The van der Waals surface area contributed by atoms with Crippen LogP contribution in [0.15, 0.2) is 42.5 Å². The van der Waals surface area contributed by atoms with Crippen molar-refractivity contribution in [1.82, 2.24) is 4.57 Å². The van der Waals surface area contributed by atoms with Gasteiger partial charge in [0.15, 0.2) is 0 Å². The zero-order chi connectivity index (χ0) is 20.4. The van der Waals surface area contributed by atoms with Gasteiger partial charge in [-0.1, -0.05) is 43.3 Å². The van der Waals surface area contributed by atoms with Crippen molar-refractivity contribution in [2.24, 2.45) is 5.73 Å². The Labute approximate surface area is 162 Å². The van der Waals surface area contributed by atoms with Crippen LogP contribution in [0.4, 0.5) is 0 Å². The topological polar surface area (TPSA) is 102 Å². The minimum atomic E-state index is -1.05. The second-order valence-corrected chi connectivity index (χ2v) is 6.83. The molecule has 28 heavy (non-hydrogen) atoms. The molecule has 2 aromatic carbocycles. The molecule has 0 bridgehead atoms. The molecular formula is C22H22N2O4. The maximum atomic E-state index is 12.7. The number of hydrogen-bond donors (Lipinski definition) is 2. The minimum absolute atomic E-state index is 0.220. The predicted octanol–water partition coefficient (Wildman–Crippen LogP) is 2.86. The first-order valence-electron chi connectivity index (χ1n) is 9.07. The molecule has 1 heterocycles. The Morgan fingerprint density at radius 3 is 2.36 bits per heavy atom. The number of fused-ring (bicyclic) bond motifs is 1. The van der Waals surface area contributed by atoms with Crippen LogP contribution in [-0.4, -0.2) is 27.3 Å². The van der Waals surface area contributed by atoms with E-state index in [0.717, 1.165) is 16.6 Å². The lowest BCUT2D eigenvalue weighted by Crippen LogP contribution is -2.24. The molecule has 144 valence electrons. The van der Waals surface area contributed by atoms with Crippen LogP contribution in [0.3, 0.4) is 0 Å². The highest BCUT2D eigenvalue weighted by atomic mass is 16.4. The van der Waals surface area contributed by atoms with E-state index in [1.54, 1.807) is 6.07 Å². The molecular weight excluding hydrogens is 356 g/mol. The first kappa shape index (κ1) is 19.4. The molecule has 6 heteroatoms. The number of carbonyl (C=O) groups excluding carboxylic acids is 2. The molecule has 3 aromatic rings. The van der Waals surface area contributed by atoms with Gasteiger partial charge in [0.1, 0.15) is 0 Å². The Morgan fingerprint density at radius 1 is 1.11 bits per heavy atom. The summed E-state index contributed by atoms with van der Waals surface area (Å²) in [5.41, 5.74) is 9.38. The van der Waals surface area contributed by atoms with Crippen molar-refractivity contribution < 1.29 is 19.5 Å². The number of aryl methyl sites for hydroxylation is 1. The van der Waals surface area contributed by atoms with Crippen molar-refractivity contribution in [2.45, 2.75) is 33.2 Å². The molecule has 0 saturated heterocycles. The molecule has 3 rings (SSSR count). The Bertz CT molecular complexity index is 1080. The van der Waals surface area contributed by atoms with Crippen molar-refractivity contribution >= 4 is 28.6 Å². The zero-order valence-corrected chi connectivity index (χ0v) is 15.9. The Kier molecular flexibility index (Phi) is 5.31. The average molecular weight is 378 g/mol. The van der Waals surface area contributed by atoms with Crippen LogP contribution in [0.5, 0.6) is 0 Å². The van der Waals surface area contributed by atoms with E-state index in [0.29, 0.717) is 29.6 Å². The fourth-order valence-corrected chi connectivity index (χ4v) is 3.75. The van der Waals surface area contributed by atoms with Crippen LogP contribution in [0.2, 0.25) is 0 Å². The predicted molar refractivity (Wildman–Crippen MR) is 106 cm³/mol. The Morgan fingerprint density at radius 2 is 1.79 bits per heavy atom. The van der Waals surface area contributed by atoms with Crippen molar-refractivity contribution in [3.05, 3.63) is 70.4 Å². The number of carbonyl (C=O) groups is 3. The Balaban J connectivity index is 2.38. The third-order valence-corrected chi connectivity index (χ3v) is 4.81. The number of ketones is 1. The minimum Gasteiger partial charge on any atom is -0.481 e. The number of primary amides is 1. The van der Waals surface area contributed by atoms with Crippen LogP contribution in [0.1, 0.15) is 39.7 Å². The van der Waals surface area contributed by atoms with Gasteiger partial charge in [-0.2, -0.15) is 0 Å². The van der Waals surface area contributed by atoms with Gasteiger partial charge in [0.05, 0.1) is 12.0 Å². The van der Waals surface area contributed by atoms with Gasteiger partial charge in [0, 0.05) is 23.1 Å². The molecule has 0 unspecified atom stereocenters. The number of aromatic nitrogens is 1. The van der Waals surface area contributed by atoms with Crippen LogP contribution in [0, 0.1) is 6.92 Å². The molecule has 0 saturated carbocycles. The van der Waals surface area contributed by atoms with E-state index in [4.69, 9.17) is 5.73 Å². The summed E-state index contributed by atoms with van der Waals surface area (Å²) in [7, 11) is 0. The number of nitrogens with zero attached hydrogens (tertiary/aromatic N) is 1. The molecule has 0 aliphatic heterocycles. The van der Waals surface area contributed by atoms with Gasteiger partial charge in [-0.05, 0) is 36.1 Å². The highest BCUT2D eigenvalue weighted by molar-refractivity contribution is 6.45. The number of Topliss-reactive ketones (excluding diaryl/α,β-unsaturated/α-hetero) is 1. The third-order valence-electron chi connectivity index (χ3n) is 4.81. The molecule has 0 atom stereocenters. The van der Waals surface area contributed by atoms with Gasteiger partial charge in [-0.3, -0.25) is 14.4 Å². The first-order valence-corrected chi connectivity index (χ1v) is 9.07. The van der Waals surface area contributed by atoms with Gasteiger partial charge in [0.2, 0.25) is 0 Å². The van der Waals surface area contributed by atoms with Gasteiger partial charge in [-0.15, -0.1) is 0 Å². The number of carboxylic acid groups (broad SMARTS) is 1. The van der Waals surface area contributed by atoms with Crippen molar-refractivity contribution in [3.63, 3.8) is 0 Å². The summed E-state index contributed by atoms with van der Waals surface area (Å²) in [6.45, 7) is 4.28. The summed E-state index contributed by atoms with van der Waals surface area (Å²) in [5.74, 6) is -2.84. The summed E-state index contributed by atoms with van der Waals surface area (Å²) in [5, 5.41) is 9.85. The molecule has 0 spiro atoms. The van der Waals surface area contributed by atoms with E-state index < -0.39 is 17.7 Å². The summed E-state index contributed by atoms with van der Waals surface area (Å²) >= 11 is 0. The fourth-order valence-electron chi connectivity index (χ4n) is 3.75.